The highest BCUT2D eigenvalue weighted by atomic mass is 16.5. The van der Waals surface area contributed by atoms with Crippen LogP contribution in [0.1, 0.15) is 5.56 Å². The van der Waals surface area contributed by atoms with Gasteiger partial charge in [0.2, 0.25) is 17.2 Å². The Balaban J connectivity index is 3.56. The lowest BCUT2D eigenvalue weighted by atomic mass is 10.1. The summed E-state index contributed by atoms with van der Waals surface area (Å²) in [6.45, 7) is 1.35. The van der Waals surface area contributed by atoms with Gasteiger partial charge in [0.25, 0.3) is 0 Å². The van der Waals surface area contributed by atoms with Crippen LogP contribution in [0.2, 0.25) is 0 Å². The van der Waals surface area contributed by atoms with Gasteiger partial charge in [-0.1, -0.05) is 0 Å². The van der Waals surface area contributed by atoms with Gasteiger partial charge in [0.1, 0.15) is 0 Å². The average Bonchev–Trinajstić information content (AvgIpc) is 2.13. The molecule has 0 saturated heterocycles. The number of benzene rings is 1. The highest BCUT2D eigenvalue weighted by Crippen LogP contribution is 2.50. The van der Waals surface area contributed by atoms with Gasteiger partial charge < -0.3 is 25.2 Å². The predicted molar refractivity (Wildman–Crippen MR) is 44.4 cm³/mol. The molecule has 0 aliphatic heterocycles. The van der Waals surface area contributed by atoms with Crippen molar-refractivity contribution in [1.29, 1.82) is 0 Å². The molecule has 0 saturated carbocycles. The normalized spacial score (nSPS) is 10.0. The summed E-state index contributed by atoms with van der Waals surface area (Å²) < 4.78 is 4.57. The molecule has 0 unspecified atom stereocenters. The first-order valence-corrected chi connectivity index (χ1v) is 3.51. The molecule has 0 aliphatic carbocycles. The molecular weight excluding hydrogens is 176 g/mol. The summed E-state index contributed by atoms with van der Waals surface area (Å²) in [5.41, 5.74) is -0.00389. The predicted octanol–water partition coefficient (Wildman–Crippen LogP) is 0.826. The molecule has 5 nitrogen and oxygen atoms in total. The van der Waals surface area contributed by atoms with Crippen molar-refractivity contribution in [3.8, 4) is 28.7 Å². The molecule has 1 aromatic rings. The van der Waals surface area contributed by atoms with Gasteiger partial charge in [-0.2, -0.15) is 0 Å². The molecule has 4 N–H and O–H groups in total. The van der Waals surface area contributed by atoms with Gasteiger partial charge >= 0.3 is 0 Å². The first-order valence-electron chi connectivity index (χ1n) is 3.51. The number of ether oxygens (including phenoxy) is 1. The number of hydrogen-bond donors (Lipinski definition) is 4. The van der Waals surface area contributed by atoms with E-state index in [9.17, 15) is 20.4 Å². The molecule has 0 amide bonds. The number of rotatable bonds is 1. The summed E-state index contributed by atoms with van der Waals surface area (Å²) in [5, 5.41) is 36.9. The van der Waals surface area contributed by atoms with Crippen molar-refractivity contribution in [2.45, 2.75) is 6.92 Å². The Morgan fingerprint density at radius 2 is 1.23 bits per heavy atom. The molecule has 13 heavy (non-hydrogen) atoms. The third-order valence-electron chi connectivity index (χ3n) is 1.79. The number of phenols is 4. The van der Waals surface area contributed by atoms with Crippen LogP contribution >= 0.6 is 0 Å². The van der Waals surface area contributed by atoms with Gasteiger partial charge in [-0.3, -0.25) is 0 Å². The molecule has 1 aromatic carbocycles. The Kier molecular flexibility index (Phi) is 2.10. The topological polar surface area (TPSA) is 90.2 Å². The first-order chi connectivity index (χ1) is 6.00. The van der Waals surface area contributed by atoms with Gasteiger partial charge in [0, 0.05) is 5.56 Å². The first kappa shape index (κ1) is 9.31. The maximum absolute atomic E-state index is 9.24. The Labute approximate surface area is 74.5 Å². The van der Waals surface area contributed by atoms with Gasteiger partial charge in [-0.25, -0.2) is 0 Å². The van der Waals surface area contributed by atoms with Crippen molar-refractivity contribution < 1.29 is 25.2 Å². The summed E-state index contributed by atoms with van der Waals surface area (Å²) in [7, 11) is 1.20. The van der Waals surface area contributed by atoms with Gasteiger partial charge in [0.15, 0.2) is 11.5 Å². The Hall–Kier alpha value is -1.78. The van der Waals surface area contributed by atoms with Crippen molar-refractivity contribution in [2.24, 2.45) is 0 Å². The average molecular weight is 186 g/mol. The van der Waals surface area contributed by atoms with Crippen molar-refractivity contribution in [1.82, 2.24) is 0 Å². The molecule has 0 fully saturated rings. The molecule has 0 aliphatic rings. The van der Waals surface area contributed by atoms with Crippen molar-refractivity contribution >= 4 is 0 Å². The fourth-order valence-corrected chi connectivity index (χ4v) is 0.988. The Morgan fingerprint density at radius 1 is 0.846 bits per heavy atom. The fraction of sp³-hybridized carbons (Fsp3) is 0.250. The van der Waals surface area contributed by atoms with Crippen LogP contribution in [0.5, 0.6) is 28.7 Å². The van der Waals surface area contributed by atoms with Crippen LogP contribution in [0.25, 0.3) is 0 Å². The summed E-state index contributed by atoms with van der Waals surface area (Å²) >= 11 is 0. The number of phenolic OH excluding ortho intramolecular Hbond substituents is 4. The van der Waals surface area contributed by atoms with Crippen LogP contribution in [-0.4, -0.2) is 27.5 Å². The standard InChI is InChI=1S/C8H10O5/c1-3-4(9)6(11)8(13-2)7(12)5(3)10/h9-12H,1-2H3. The van der Waals surface area contributed by atoms with E-state index in [0.717, 1.165) is 0 Å². The quantitative estimate of drug-likeness (QED) is 0.385. The fourth-order valence-electron chi connectivity index (χ4n) is 0.988. The second-order valence-corrected chi connectivity index (χ2v) is 2.55. The summed E-state index contributed by atoms with van der Waals surface area (Å²) in [4.78, 5) is 0. The maximum Gasteiger partial charge on any atom is 0.210 e. The van der Waals surface area contributed by atoms with E-state index in [1.54, 1.807) is 0 Å². The molecule has 0 atom stereocenters. The smallest absolute Gasteiger partial charge is 0.210 e. The van der Waals surface area contributed by atoms with E-state index in [2.05, 4.69) is 4.74 Å². The van der Waals surface area contributed by atoms with Gasteiger partial charge in [0.05, 0.1) is 7.11 Å². The zero-order chi connectivity index (χ0) is 10.2. The highest BCUT2D eigenvalue weighted by Gasteiger charge is 2.21. The summed E-state index contributed by atoms with van der Waals surface area (Å²) in [6, 6.07) is 0. The van der Waals surface area contributed by atoms with E-state index in [1.807, 2.05) is 0 Å². The molecule has 5 heteroatoms. The van der Waals surface area contributed by atoms with Crippen LogP contribution in [0.4, 0.5) is 0 Å². The zero-order valence-electron chi connectivity index (χ0n) is 7.20. The largest absolute Gasteiger partial charge is 0.504 e. The van der Waals surface area contributed by atoms with Crippen LogP contribution in [0.15, 0.2) is 0 Å². The monoisotopic (exact) mass is 186 g/mol. The lowest BCUT2D eigenvalue weighted by Gasteiger charge is -2.11. The van der Waals surface area contributed by atoms with Gasteiger partial charge in [-0.05, 0) is 6.92 Å². The highest BCUT2D eigenvalue weighted by molar-refractivity contribution is 5.67. The van der Waals surface area contributed by atoms with Crippen LogP contribution in [-0.2, 0) is 0 Å². The van der Waals surface area contributed by atoms with E-state index >= 15 is 0 Å². The lowest BCUT2D eigenvalue weighted by molar-refractivity contribution is 0.313. The molecule has 72 valence electrons. The van der Waals surface area contributed by atoms with E-state index in [-0.39, 0.29) is 11.3 Å². The molecule has 0 spiro atoms. The van der Waals surface area contributed by atoms with E-state index < -0.39 is 23.0 Å². The number of aromatic hydroxyl groups is 4. The minimum absolute atomic E-state index is 0.00389. The molecule has 0 aromatic heterocycles. The second-order valence-electron chi connectivity index (χ2n) is 2.55. The SMILES string of the molecule is COc1c(O)c(O)c(C)c(O)c1O. The number of methoxy groups -OCH3 is 1. The van der Waals surface area contributed by atoms with E-state index in [0.29, 0.717) is 0 Å². The molecular formula is C8H10O5. The molecule has 0 heterocycles. The molecule has 0 radical (unpaired) electrons. The second kappa shape index (κ2) is 2.93. The number of hydrogen-bond acceptors (Lipinski definition) is 5. The Morgan fingerprint density at radius 3 is 1.54 bits per heavy atom. The Bertz CT molecular complexity index is 316. The zero-order valence-corrected chi connectivity index (χ0v) is 7.20. The summed E-state index contributed by atoms with van der Waals surface area (Å²) in [6.07, 6.45) is 0. The van der Waals surface area contributed by atoms with Crippen LogP contribution in [0, 0.1) is 6.92 Å². The minimum Gasteiger partial charge on any atom is -0.504 e. The van der Waals surface area contributed by atoms with E-state index in [1.165, 1.54) is 14.0 Å². The molecule has 0 bridgehead atoms. The van der Waals surface area contributed by atoms with Crippen molar-refractivity contribution in [3.63, 3.8) is 0 Å². The third kappa shape index (κ3) is 1.18. The van der Waals surface area contributed by atoms with Gasteiger partial charge in [-0.15, -0.1) is 0 Å². The maximum atomic E-state index is 9.24. The third-order valence-corrected chi connectivity index (χ3v) is 1.79. The van der Waals surface area contributed by atoms with Crippen molar-refractivity contribution in [2.75, 3.05) is 7.11 Å². The molecule has 1 rings (SSSR count). The summed E-state index contributed by atoms with van der Waals surface area (Å²) in [5.74, 6) is -2.54. The van der Waals surface area contributed by atoms with Crippen molar-refractivity contribution in [3.05, 3.63) is 5.56 Å². The lowest BCUT2D eigenvalue weighted by Crippen LogP contribution is -1.88. The van der Waals surface area contributed by atoms with E-state index in [4.69, 9.17) is 0 Å². The minimum atomic E-state index is -0.588. The van der Waals surface area contributed by atoms with Crippen LogP contribution < -0.4 is 4.74 Å². The van der Waals surface area contributed by atoms with Crippen LogP contribution in [0.3, 0.4) is 0 Å².